The lowest BCUT2D eigenvalue weighted by Crippen LogP contribution is -2.54. The zero-order valence-electron chi connectivity index (χ0n) is 16.3. The average molecular weight is 415 g/mol. The van der Waals surface area contributed by atoms with E-state index in [-0.39, 0.29) is 0 Å². The van der Waals surface area contributed by atoms with Gasteiger partial charge in [0.1, 0.15) is 5.15 Å². The van der Waals surface area contributed by atoms with Crippen LogP contribution in [0.4, 0.5) is 0 Å². The molecule has 0 amide bonds. The van der Waals surface area contributed by atoms with Gasteiger partial charge in [-0.1, -0.05) is 41.4 Å². The van der Waals surface area contributed by atoms with Gasteiger partial charge in [0.05, 0.1) is 0 Å². The summed E-state index contributed by atoms with van der Waals surface area (Å²) in [5.41, 5.74) is 3.66. The molecule has 4 aliphatic rings. The summed E-state index contributed by atoms with van der Waals surface area (Å²) >= 11 is 12.1. The number of nitrogens with one attached hydrogen (secondary N) is 1. The predicted molar refractivity (Wildman–Crippen MR) is 116 cm³/mol. The topological polar surface area (TPSA) is 24.9 Å². The molecular formula is C24H28Cl2N2. The minimum absolute atomic E-state index is 0.398. The molecule has 4 aliphatic carbocycles. The van der Waals surface area contributed by atoms with E-state index >= 15 is 0 Å². The molecule has 1 aromatic heterocycles. The van der Waals surface area contributed by atoms with Crippen molar-refractivity contribution in [3.8, 4) is 0 Å². The Kier molecular flexibility index (Phi) is 4.93. The summed E-state index contributed by atoms with van der Waals surface area (Å²) in [4.78, 5) is 4.18. The predicted octanol–water partition coefficient (Wildman–Crippen LogP) is 6.41. The molecule has 1 heterocycles. The quantitative estimate of drug-likeness (QED) is 0.436. The minimum Gasteiger partial charge on any atom is -0.313 e. The maximum atomic E-state index is 6.17. The molecule has 0 spiro atoms. The molecule has 4 heteroatoms. The van der Waals surface area contributed by atoms with Gasteiger partial charge in [-0.3, -0.25) is 0 Å². The van der Waals surface area contributed by atoms with Gasteiger partial charge in [-0.2, -0.15) is 0 Å². The van der Waals surface area contributed by atoms with E-state index in [1.54, 1.807) is 0 Å². The van der Waals surface area contributed by atoms with E-state index in [9.17, 15) is 0 Å². The van der Waals surface area contributed by atoms with E-state index in [0.717, 1.165) is 29.9 Å². The van der Waals surface area contributed by atoms with Crippen molar-refractivity contribution in [2.45, 2.75) is 56.9 Å². The molecular weight excluding hydrogens is 387 g/mol. The van der Waals surface area contributed by atoms with Crippen LogP contribution in [0.1, 0.15) is 56.1 Å². The molecule has 1 aromatic carbocycles. The van der Waals surface area contributed by atoms with Crippen LogP contribution in [0.25, 0.3) is 0 Å². The summed E-state index contributed by atoms with van der Waals surface area (Å²) in [7, 11) is 0. The summed E-state index contributed by atoms with van der Waals surface area (Å²) in [6, 6.07) is 12.7. The third kappa shape index (κ3) is 3.60. The summed E-state index contributed by atoms with van der Waals surface area (Å²) in [5, 5.41) is 5.07. The molecule has 0 aliphatic heterocycles. The molecule has 6 rings (SSSR count). The fourth-order valence-corrected chi connectivity index (χ4v) is 7.22. The van der Waals surface area contributed by atoms with E-state index in [1.165, 1.54) is 56.1 Å². The van der Waals surface area contributed by atoms with E-state index in [4.69, 9.17) is 23.2 Å². The minimum atomic E-state index is 0.398. The highest BCUT2D eigenvalue weighted by Crippen LogP contribution is 2.66. The van der Waals surface area contributed by atoms with Gasteiger partial charge in [0, 0.05) is 17.8 Å². The summed E-state index contributed by atoms with van der Waals surface area (Å²) in [6.07, 6.45) is 11.6. The second kappa shape index (κ2) is 7.31. The van der Waals surface area contributed by atoms with Crippen LogP contribution in [0.2, 0.25) is 10.2 Å². The molecule has 4 saturated carbocycles. The second-order valence-electron chi connectivity index (χ2n) is 9.66. The monoisotopic (exact) mass is 414 g/mol. The maximum absolute atomic E-state index is 6.17. The Balaban J connectivity index is 1.27. The van der Waals surface area contributed by atoms with Crippen molar-refractivity contribution in [2.24, 2.45) is 17.3 Å². The van der Waals surface area contributed by atoms with Gasteiger partial charge in [-0.25, -0.2) is 4.98 Å². The highest BCUT2D eigenvalue weighted by molar-refractivity contribution is 6.30. The first-order chi connectivity index (χ1) is 13.5. The fraction of sp³-hybridized carbons (Fsp3) is 0.542. The van der Waals surface area contributed by atoms with Crippen LogP contribution in [0.5, 0.6) is 0 Å². The Bertz CT molecular complexity index is 817. The van der Waals surface area contributed by atoms with Crippen LogP contribution in [0.3, 0.4) is 0 Å². The van der Waals surface area contributed by atoms with Crippen LogP contribution in [0.15, 0.2) is 42.6 Å². The molecule has 2 unspecified atom stereocenters. The normalized spacial score (nSPS) is 33.4. The van der Waals surface area contributed by atoms with Gasteiger partial charge in [-0.05, 0) is 103 Å². The molecule has 4 bridgehead atoms. The average Bonchev–Trinajstić information content (AvgIpc) is 2.66. The molecule has 2 aromatic rings. The summed E-state index contributed by atoms with van der Waals surface area (Å²) in [5.74, 6) is 1.83. The molecule has 0 radical (unpaired) electrons. The van der Waals surface area contributed by atoms with Crippen molar-refractivity contribution < 1.29 is 0 Å². The van der Waals surface area contributed by atoms with Gasteiger partial charge < -0.3 is 5.32 Å². The number of nitrogens with zero attached hydrogens (tertiary/aromatic N) is 1. The standard InChI is InChI=1S/C24H28Cl2N2/c25-21-4-2-20(3-5-21)24-12-18-9-19(13-24)11-23(10-18,16-24)7-8-27-14-17-1-6-22(26)28-15-17/h1-6,15,18-19,27H,7-14,16H2. The van der Waals surface area contributed by atoms with Crippen molar-refractivity contribution in [3.05, 3.63) is 63.9 Å². The lowest BCUT2D eigenvalue weighted by atomic mass is 9.42. The fourth-order valence-electron chi connectivity index (χ4n) is 6.98. The van der Waals surface area contributed by atoms with Crippen molar-refractivity contribution in [1.29, 1.82) is 0 Å². The number of hydrogen-bond acceptors (Lipinski definition) is 2. The number of pyridine rings is 1. The largest absolute Gasteiger partial charge is 0.313 e. The van der Waals surface area contributed by atoms with Gasteiger partial charge in [0.15, 0.2) is 0 Å². The number of aromatic nitrogens is 1. The number of rotatable bonds is 6. The van der Waals surface area contributed by atoms with Gasteiger partial charge in [-0.15, -0.1) is 0 Å². The molecule has 2 atom stereocenters. The van der Waals surface area contributed by atoms with Crippen LogP contribution < -0.4 is 5.32 Å². The van der Waals surface area contributed by atoms with Crippen LogP contribution >= 0.6 is 23.2 Å². The molecule has 1 N–H and O–H groups in total. The van der Waals surface area contributed by atoms with E-state index in [2.05, 4.69) is 40.6 Å². The number of benzene rings is 1. The Labute approximate surface area is 178 Å². The first kappa shape index (κ1) is 18.9. The Morgan fingerprint density at radius 2 is 1.71 bits per heavy atom. The van der Waals surface area contributed by atoms with Crippen molar-refractivity contribution >= 4 is 23.2 Å². The maximum Gasteiger partial charge on any atom is 0.129 e. The van der Waals surface area contributed by atoms with E-state index < -0.39 is 0 Å². The van der Waals surface area contributed by atoms with Crippen molar-refractivity contribution in [3.63, 3.8) is 0 Å². The highest BCUT2D eigenvalue weighted by Gasteiger charge is 2.57. The second-order valence-corrected chi connectivity index (χ2v) is 10.5. The zero-order chi connectivity index (χ0) is 19.2. The molecule has 148 valence electrons. The third-order valence-electron chi connectivity index (χ3n) is 7.59. The molecule has 4 fully saturated rings. The summed E-state index contributed by atoms with van der Waals surface area (Å²) < 4.78 is 0. The Morgan fingerprint density at radius 1 is 0.964 bits per heavy atom. The Hall–Kier alpha value is -1.09. The van der Waals surface area contributed by atoms with Crippen molar-refractivity contribution in [2.75, 3.05) is 6.54 Å². The van der Waals surface area contributed by atoms with Crippen LogP contribution in [-0.2, 0) is 12.0 Å². The Morgan fingerprint density at radius 3 is 2.39 bits per heavy atom. The molecule has 0 saturated heterocycles. The summed E-state index contributed by atoms with van der Waals surface area (Å²) in [6.45, 7) is 1.95. The van der Waals surface area contributed by atoms with Gasteiger partial charge in [0.25, 0.3) is 0 Å². The van der Waals surface area contributed by atoms with Crippen LogP contribution in [0, 0.1) is 17.3 Å². The number of hydrogen-bond donors (Lipinski definition) is 1. The first-order valence-electron chi connectivity index (χ1n) is 10.6. The highest BCUT2D eigenvalue weighted by atomic mass is 35.5. The third-order valence-corrected chi connectivity index (χ3v) is 8.06. The number of halogens is 2. The lowest BCUT2D eigenvalue weighted by molar-refractivity contribution is -0.0757. The smallest absolute Gasteiger partial charge is 0.129 e. The van der Waals surface area contributed by atoms with Crippen LogP contribution in [-0.4, -0.2) is 11.5 Å². The van der Waals surface area contributed by atoms with E-state index in [0.29, 0.717) is 16.0 Å². The van der Waals surface area contributed by atoms with Crippen molar-refractivity contribution in [1.82, 2.24) is 10.3 Å². The van der Waals surface area contributed by atoms with Gasteiger partial charge >= 0.3 is 0 Å². The van der Waals surface area contributed by atoms with E-state index in [1.807, 2.05) is 12.3 Å². The van der Waals surface area contributed by atoms with Gasteiger partial charge in [0.2, 0.25) is 0 Å². The first-order valence-corrected chi connectivity index (χ1v) is 11.4. The molecule has 2 nitrogen and oxygen atoms in total. The zero-order valence-corrected chi connectivity index (χ0v) is 17.8. The molecule has 28 heavy (non-hydrogen) atoms. The lowest BCUT2D eigenvalue weighted by Gasteiger charge is -2.63. The SMILES string of the molecule is Clc1ccc(C23CC4CC(CC(CCNCc5ccc(Cl)nc5)(C4)C2)C3)cc1.